The number of phenolic OH excluding ortho intramolecular Hbond substituents is 1. The van der Waals surface area contributed by atoms with Crippen molar-refractivity contribution in [1.82, 2.24) is 19.8 Å². The Morgan fingerprint density at radius 3 is 2.13 bits per heavy atom. The van der Waals surface area contributed by atoms with Gasteiger partial charge in [-0.05, 0) is 43.2 Å². The SMILES string of the molecule is CCCCCCCCN(CCCCCCCC)c1ccc(/C=c2/c(C(C)(C)C)nn3c(CN=Cc4ccccc4O)nnc23)s1. The summed E-state index contributed by atoms with van der Waals surface area (Å²) in [6.07, 6.45) is 19.8. The van der Waals surface area contributed by atoms with Crippen molar-refractivity contribution in [2.45, 2.75) is 124 Å². The van der Waals surface area contributed by atoms with Crippen LogP contribution in [0.1, 0.15) is 134 Å². The van der Waals surface area contributed by atoms with E-state index in [0.717, 1.165) is 29.6 Å². The number of anilines is 1. The zero-order chi connectivity index (χ0) is 32.1. The van der Waals surface area contributed by atoms with Gasteiger partial charge in [0.1, 0.15) is 12.3 Å². The predicted molar refractivity (Wildman–Crippen MR) is 191 cm³/mol. The van der Waals surface area contributed by atoms with Gasteiger partial charge in [-0.25, -0.2) is 0 Å². The van der Waals surface area contributed by atoms with E-state index in [-0.39, 0.29) is 11.2 Å². The van der Waals surface area contributed by atoms with Crippen LogP contribution >= 0.6 is 11.3 Å². The molecule has 1 aromatic carbocycles. The molecule has 0 amide bonds. The van der Waals surface area contributed by atoms with E-state index >= 15 is 0 Å². The van der Waals surface area contributed by atoms with Gasteiger partial charge in [-0.1, -0.05) is 111 Å². The first kappa shape index (κ1) is 34.6. The molecule has 0 saturated carbocycles. The van der Waals surface area contributed by atoms with E-state index in [1.54, 1.807) is 18.3 Å². The number of aromatic nitrogens is 4. The number of nitrogens with zero attached hydrogens (tertiary/aromatic N) is 6. The molecule has 0 aliphatic carbocycles. The van der Waals surface area contributed by atoms with E-state index < -0.39 is 0 Å². The number of hydrogen-bond donors (Lipinski definition) is 1. The Morgan fingerprint density at radius 1 is 0.844 bits per heavy atom. The summed E-state index contributed by atoms with van der Waals surface area (Å²) >= 11 is 1.87. The van der Waals surface area contributed by atoms with Crippen molar-refractivity contribution in [3.8, 4) is 5.75 Å². The molecule has 0 aliphatic heterocycles. The van der Waals surface area contributed by atoms with Crippen LogP contribution < -0.4 is 10.1 Å². The third-order valence-corrected chi connectivity index (χ3v) is 9.38. The normalized spacial score (nSPS) is 12.7. The van der Waals surface area contributed by atoms with Crippen molar-refractivity contribution in [3.63, 3.8) is 0 Å². The molecule has 0 spiro atoms. The Labute approximate surface area is 274 Å². The molecule has 244 valence electrons. The van der Waals surface area contributed by atoms with E-state index in [1.807, 2.05) is 28.0 Å². The number of unbranched alkanes of at least 4 members (excludes halogenated alkanes) is 10. The summed E-state index contributed by atoms with van der Waals surface area (Å²) < 4.78 is 1.84. The lowest BCUT2D eigenvalue weighted by molar-refractivity contribution is 0.474. The molecule has 0 unspecified atom stereocenters. The lowest BCUT2D eigenvalue weighted by atomic mass is 9.91. The standard InChI is InChI=1S/C37H54N6OS/c1-6-8-10-12-14-18-24-42(25-19-15-13-11-9-7-2)34-23-22-30(45-34)26-31-35(37(3,4)5)41-43-33(39-40-36(31)43)28-38-27-29-20-16-17-21-32(29)44/h16-17,20-23,26-27,44H,6-15,18-19,24-25,28H2,1-5H3/b31-26-,38-27?. The Balaban J connectivity index is 1.54. The second-order valence-corrected chi connectivity index (χ2v) is 14.3. The molecule has 0 radical (unpaired) electrons. The third-order valence-electron chi connectivity index (χ3n) is 8.29. The van der Waals surface area contributed by atoms with Crippen molar-refractivity contribution >= 4 is 34.3 Å². The van der Waals surface area contributed by atoms with Crippen LogP contribution in [0.5, 0.6) is 5.75 Å². The molecule has 7 nitrogen and oxygen atoms in total. The molecular weight excluding hydrogens is 577 g/mol. The van der Waals surface area contributed by atoms with Crippen molar-refractivity contribution in [2.75, 3.05) is 18.0 Å². The van der Waals surface area contributed by atoms with Gasteiger partial charge < -0.3 is 10.0 Å². The number of para-hydroxylation sites is 1. The van der Waals surface area contributed by atoms with E-state index in [9.17, 15) is 5.11 Å². The van der Waals surface area contributed by atoms with Crippen LogP contribution in [0.2, 0.25) is 0 Å². The highest BCUT2D eigenvalue weighted by molar-refractivity contribution is 7.16. The van der Waals surface area contributed by atoms with Gasteiger partial charge in [-0.15, -0.1) is 21.5 Å². The molecule has 3 heterocycles. The molecule has 3 aromatic heterocycles. The predicted octanol–water partition coefficient (Wildman–Crippen LogP) is 8.88. The maximum absolute atomic E-state index is 10.1. The van der Waals surface area contributed by atoms with Gasteiger partial charge in [0.15, 0.2) is 11.5 Å². The van der Waals surface area contributed by atoms with Crippen LogP contribution in [0, 0.1) is 0 Å². The molecule has 4 aromatic rings. The topological polar surface area (TPSA) is 78.9 Å². The third kappa shape index (κ3) is 10.1. The van der Waals surface area contributed by atoms with Gasteiger partial charge in [0.05, 0.1) is 10.7 Å². The largest absolute Gasteiger partial charge is 0.507 e. The van der Waals surface area contributed by atoms with E-state index in [2.05, 4.69) is 72.9 Å². The minimum Gasteiger partial charge on any atom is -0.507 e. The summed E-state index contributed by atoms with van der Waals surface area (Å²) in [7, 11) is 0. The first-order chi connectivity index (χ1) is 21.8. The van der Waals surface area contributed by atoms with Gasteiger partial charge in [-0.2, -0.15) is 9.61 Å². The minimum atomic E-state index is -0.162. The summed E-state index contributed by atoms with van der Waals surface area (Å²) in [5.74, 6) is 0.886. The lowest BCUT2D eigenvalue weighted by Gasteiger charge is -2.23. The van der Waals surface area contributed by atoms with Crippen LogP contribution in [-0.2, 0) is 12.0 Å². The Hall–Kier alpha value is -3.26. The zero-order valence-corrected chi connectivity index (χ0v) is 29.1. The van der Waals surface area contributed by atoms with Gasteiger partial charge in [-0.3, -0.25) is 4.99 Å². The average molecular weight is 631 g/mol. The van der Waals surface area contributed by atoms with Crippen LogP contribution in [-0.4, -0.2) is 44.2 Å². The molecule has 0 aliphatic rings. The fourth-order valence-corrected chi connectivity index (χ4v) is 6.68. The number of rotatable bonds is 19. The number of aromatic hydroxyl groups is 1. The van der Waals surface area contributed by atoms with Crippen LogP contribution in [0.3, 0.4) is 0 Å². The Bertz CT molecular complexity index is 1520. The number of phenols is 1. The van der Waals surface area contributed by atoms with E-state index in [1.165, 1.54) is 86.9 Å². The average Bonchev–Trinajstić information content (AvgIpc) is 3.73. The van der Waals surface area contributed by atoms with Crippen molar-refractivity contribution < 1.29 is 5.11 Å². The van der Waals surface area contributed by atoms with Crippen molar-refractivity contribution in [1.29, 1.82) is 0 Å². The van der Waals surface area contributed by atoms with Crippen molar-refractivity contribution in [3.05, 3.63) is 63.6 Å². The van der Waals surface area contributed by atoms with Gasteiger partial charge in [0.25, 0.3) is 0 Å². The molecule has 0 saturated heterocycles. The molecule has 8 heteroatoms. The minimum absolute atomic E-state index is 0.162. The molecule has 0 bridgehead atoms. The number of hydrogen-bond acceptors (Lipinski definition) is 7. The molecule has 0 atom stereocenters. The molecular formula is C37H54N6OS. The summed E-state index contributed by atoms with van der Waals surface area (Å²) in [6.45, 7) is 13.7. The summed E-state index contributed by atoms with van der Waals surface area (Å²) in [5, 5.41) is 26.5. The Kier molecular flexibility index (Phi) is 13.4. The van der Waals surface area contributed by atoms with Gasteiger partial charge in [0, 0.05) is 40.4 Å². The fourth-order valence-electron chi connectivity index (χ4n) is 5.68. The number of aliphatic imine (C=N–C) groups is 1. The van der Waals surface area contributed by atoms with Gasteiger partial charge in [0.2, 0.25) is 0 Å². The van der Waals surface area contributed by atoms with Crippen LogP contribution in [0.15, 0.2) is 41.4 Å². The smallest absolute Gasteiger partial charge is 0.187 e. The first-order valence-electron chi connectivity index (χ1n) is 17.2. The second-order valence-electron chi connectivity index (χ2n) is 13.2. The maximum Gasteiger partial charge on any atom is 0.187 e. The highest BCUT2D eigenvalue weighted by Crippen LogP contribution is 2.29. The highest BCUT2D eigenvalue weighted by atomic mass is 32.1. The zero-order valence-electron chi connectivity index (χ0n) is 28.3. The van der Waals surface area contributed by atoms with E-state index in [0.29, 0.717) is 17.9 Å². The quantitative estimate of drug-likeness (QED) is 0.0827. The van der Waals surface area contributed by atoms with Gasteiger partial charge >= 0.3 is 0 Å². The molecule has 45 heavy (non-hydrogen) atoms. The van der Waals surface area contributed by atoms with Crippen LogP contribution in [0.4, 0.5) is 5.00 Å². The number of benzene rings is 1. The summed E-state index contributed by atoms with van der Waals surface area (Å²) in [5.41, 5.74) is 2.28. The van der Waals surface area contributed by atoms with Crippen molar-refractivity contribution in [2.24, 2.45) is 4.99 Å². The maximum atomic E-state index is 10.1. The van der Waals surface area contributed by atoms with E-state index in [4.69, 9.17) is 5.10 Å². The van der Waals surface area contributed by atoms with Crippen LogP contribution in [0.25, 0.3) is 11.7 Å². The Morgan fingerprint density at radius 2 is 1.49 bits per heavy atom. The number of thiophene rings is 1. The monoisotopic (exact) mass is 630 g/mol. The first-order valence-corrected chi connectivity index (χ1v) is 18.0. The molecule has 1 N–H and O–H groups in total. The molecule has 4 rings (SSSR count). The molecule has 0 fully saturated rings. The second kappa shape index (κ2) is 17.4. The fraction of sp³-hybridized carbons (Fsp3) is 0.568. The number of fused-ring (bicyclic) bond motifs is 1. The lowest BCUT2D eigenvalue weighted by Crippen LogP contribution is -2.24. The highest BCUT2D eigenvalue weighted by Gasteiger charge is 2.24. The summed E-state index contributed by atoms with van der Waals surface area (Å²) in [4.78, 5) is 8.37. The summed E-state index contributed by atoms with van der Waals surface area (Å²) in [6, 6.07) is 11.7.